The molecule has 0 aliphatic heterocycles. The molecule has 0 aliphatic carbocycles. The van der Waals surface area contributed by atoms with Gasteiger partial charge in [0.15, 0.2) is 0 Å². The number of benzene rings is 1. The van der Waals surface area contributed by atoms with Crippen molar-refractivity contribution in [3.8, 4) is 6.07 Å². The van der Waals surface area contributed by atoms with Crippen LogP contribution >= 0.6 is 0 Å². The number of pyridine rings is 1. The number of ether oxygens (including phenoxy) is 1. The van der Waals surface area contributed by atoms with Crippen LogP contribution in [0.5, 0.6) is 0 Å². The molecule has 100 valence electrons. The second-order valence-electron chi connectivity index (χ2n) is 4.16. The number of nitrogens with one attached hydrogen (secondary N) is 1. The zero-order valence-electron chi connectivity index (χ0n) is 11.0. The van der Waals surface area contributed by atoms with E-state index in [0.29, 0.717) is 16.9 Å². The predicted octanol–water partition coefficient (Wildman–Crippen LogP) is 3.01. The first-order valence-electron chi connectivity index (χ1n) is 6.03. The molecule has 1 aromatic carbocycles. The van der Waals surface area contributed by atoms with Crippen LogP contribution in [0.25, 0.3) is 0 Å². The average molecular weight is 267 g/mol. The molecule has 5 heteroatoms. The number of hydrogen-bond donors (Lipinski definition) is 1. The van der Waals surface area contributed by atoms with Gasteiger partial charge in [-0.15, -0.1) is 0 Å². The van der Waals surface area contributed by atoms with Crippen LogP contribution in [-0.4, -0.2) is 11.1 Å². The van der Waals surface area contributed by atoms with Crippen LogP contribution in [0, 0.1) is 18.3 Å². The van der Waals surface area contributed by atoms with E-state index in [-0.39, 0.29) is 6.61 Å². The van der Waals surface area contributed by atoms with Gasteiger partial charge in [0, 0.05) is 0 Å². The summed E-state index contributed by atoms with van der Waals surface area (Å²) in [6, 6.07) is 13.0. The lowest BCUT2D eigenvalue weighted by molar-refractivity contribution is 0.155. The maximum atomic E-state index is 11.6. The maximum absolute atomic E-state index is 11.6. The highest BCUT2D eigenvalue weighted by atomic mass is 16.5. The van der Waals surface area contributed by atoms with Crippen LogP contribution < -0.4 is 5.32 Å². The number of aromatic nitrogens is 1. The molecule has 0 radical (unpaired) electrons. The number of carbonyl (C=O) groups excluding carboxylic acids is 1. The highest BCUT2D eigenvalue weighted by Crippen LogP contribution is 2.12. The standard InChI is InChI=1S/C15H13N3O2/c1-11-13(8-16)7-14(9-17-11)18-15(19)20-10-12-5-3-2-4-6-12/h2-7,9H,10H2,1H3,(H,18,19). The second-order valence-corrected chi connectivity index (χ2v) is 4.16. The third kappa shape index (κ3) is 3.56. The van der Waals surface area contributed by atoms with Crippen molar-refractivity contribution in [3.63, 3.8) is 0 Å². The number of nitriles is 1. The number of aryl methyl sites for hydroxylation is 1. The summed E-state index contributed by atoms with van der Waals surface area (Å²) in [7, 11) is 0. The Morgan fingerprint density at radius 2 is 2.15 bits per heavy atom. The molecule has 1 heterocycles. The molecular formula is C15H13N3O2. The van der Waals surface area contributed by atoms with Crippen LogP contribution in [0.15, 0.2) is 42.6 Å². The summed E-state index contributed by atoms with van der Waals surface area (Å²) in [6.45, 7) is 1.92. The van der Waals surface area contributed by atoms with E-state index in [1.165, 1.54) is 6.20 Å². The Hall–Kier alpha value is -2.87. The zero-order valence-corrected chi connectivity index (χ0v) is 11.0. The fraction of sp³-hybridized carbons (Fsp3) is 0.133. The van der Waals surface area contributed by atoms with E-state index in [1.807, 2.05) is 36.4 Å². The molecule has 0 spiro atoms. The van der Waals surface area contributed by atoms with Crippen molar-refractivity contribution in [2.45, 2.75) is 13.5 Å². The molecule has 0 fully saturated rings. The molecule has 1 amide bonds. The van der Waals surface area contributed by atoms with E-state index in [1.54, 1.807) is 13.0 Å². The Balaban J connectivity index is 1.93. The number of rotatable bonds is 3. The first kappa shape index (κ1) is 13.6. The van der Waals surface area contributed by atoms with E-state index in [9.17, 15) is 4.79 Å². The molecule has 0 aliphatic rings. The lowest BCUT2D eigenvalue weighted by atomic mass is 10.2. The van der Waals surface area contributed by atoms with E-state index >= 15 is 0 Å². The van der Waals surface area contributed by atoms with Crippen molar-refractivity contribution >= 4 is 11.8 Å². The highest BCUT2D eigenvalue weighted by molar-refractivity contribution is 5.84. The molecular weight excluding hydrogens is 254 g/mol. The van der Waals surface area contributed by atoms with Gasteiger partial charge in [-0.3, -0.25) is 10.3 Å². The van der Waals surface area contributed by atoms with E-state index in [2.05, 4.69) is 10.3 Å². The van der Waals surface area contributed by atoms with Crippen molar-refractivity contribution < 1.29 is 9.53 Å². The lowest BCUT2D eigenvalue weighted by Gasteiger charge is -2.07. The smallest absolute Gasteiger partial charge is 0.412 e. The first-order chi connectivity index (χ1) is 9.69. The van der Waals surface area contributed by atoms with Gasteiger partial charge in [0.25, 0.3) is 0 Å². The monoisotopic (exact) mass is 267 g/mol. The molecule has 1 aromatic heterocycles. The lowest BCUT2D eigenvalue weighted by Crippen LogP contribution is -2.14. The molecule has 0 unspecified atom stereocenters. The molecule has 0 saturated heterocycles. The Morgan fingerprint density at radius 1 is 1.40 bits per heavy atom. The summed E-state index contributed by atoms with van der Waals surface area (Å²) in [4.78, 5) is 15.7. The van der Waals surface area contributed by atoms with E-state index < -0.39 is 6.09 Å². The minimum atomic E-state index is -0.580. The summed E-state index contributed by atoms with van der Waals surface area (Å²) >= 11 is 0. The van der Waals surface area contributed by atoms with Gasteiger partial charge in [-0.25, -0.2) is 4.79 Å². The molecule has 0 saturated carbocycles. The summed E-state index contributed by atoms with van der Waals surface area (Å²) in [5.41, 5.74) is 2.38. The Kier molecular flexibility index (Phi) is 4.30. The van der Waals surface area contributed by atoms with Crippen molar-refractivity contribution in [1.29, 1.82) is 5.26 Å². The molecule has 0 atom stereocenters. The molecule has 20 heavy (non-hydrogen) atoms. The minimum Gasteiger partial charge on any atom is -0.444 e. The molecule has 0 bridgehead atoms. The van der Waals surface area contributed by atoms with Gasteiger partial charge in [0.2, 0.25) is 0 Å². The predicted molar refractivity (Wildman–Crippen MR) is 73.9 cm³/mol. The summed E-state index contributed by atoms with van der Waals surface area (Å²) in [5, 5.41) is 11.4. The van der Waals surface area contributed by atoms with Gasteiger partial charge >= 0.3 is 6.09 Å². The van der Waals surface area contributed by atoms with Gasteiger partial charge in [-0.1, -0.05) is 30.3 Å². The Labute approximate surface area is 116 Å². The van der Waals surface area contributed by atoms with Gasteiger partial charge in [-0.2, -0.15) is 5.26 Å². The normalized spacial score (nSPS) is 9.60. The Morgan fingerprint density at radius 3 is 2.85 bits per heavy atom. The number of nitrogens with zero attached hydrogens (tertiary/aromatic N) is 2. The van der Waals surface area contributed by atoms with Crippen molar-refractivity contribution in [3.05, 3.63) is 59.4 Å². The van der Waals surface area contributed by atoms with Gasteiger partial charge in [0.05, 0.1) is 23.1 Å². The number of hydrogen-bond acceptors (Lipinski definition) is 4. The number of carbonyl (C=O) groups is 1. The summed E-state index contributed by atoms with van der Waals surface area (Å²) < 4.78 is 5.08. The van der Waals surface area contributed by atoms with Crippen LogP contribution in [0.4, 0.5) is 10.5 Å². The van der Waals surface area contributed by atoms with Gasteiger partial charge < -0.3 is 4.74 Å². The third-order valence-corrected chi connectivity index (χ3v) is 2.67. The van der Waals surface area contributed by atoms with Gasteiger partial charge in [-0.05, 0) is 18.6 Å². The Bertz CT molecular complexity index is 648. The third-order valence-electron chi connectivity index (χ3n) is 2.67. The van der Waals surface area contributed by atoms with E-state index in [4.69, 9.17) is 10.00 Å². The van der Waals surface area contributed by atoms with Crippen molar-refractivity contribution in [1.82, 2.24) is 4.98 Å². The van der Waals surface area contributed by atoms with Gasteiger partial charge in [0.1, 0.15) is 12.7 Å². The minimum absolute atomic E-state index is 0.192. The van der Waals surface area contributed by atoms with Crippen LogP contribution in [0.1, 0.15) is 16.8 Å². The zero-order chi connectivity index (χ0) is 14.4. The maximum Gasteiger partial charge on any atom is 0.412 e. The topological polar surface area (TPSA) is 75.0 Å². The average Bonchev–Trinajstić information content (AvgIpc) is 2.48. The second kappa shape index (κ2) is 6.34. The van der Waals surface area contributed by atoms with Crippen molar-refractivity contribution in [2.24, 2.45) is 0 Å². The summed E-state index contributed by atoms with van der Waals surface area (Å²) in [6.07, 6.45) is 0.906. The molecule has 2 rings (SSSR count). The molecule has 1 N–H and O–H groups in total. The van der Waals surface area contributed by atoms with Crippen LogP contribution in [0.3, 0.4) is 0 Å². The number of anilines is 1. The fourth-order valence-corrected chi connectivity index (χ4v) is 1.59. The van der Waals surface area contributed by atoms with Crippen LogP contribution in [0.2, 0.25) is 0 Å². The highest BCUT2D eigenvalue weighted by Gasteiger charge is 2.06. The summed E-state index contributed by atoms with van der Waals surface area (Å²) in [5.74, 6) is 0. The van der Waals surface area contributed by atoms with E-state index in [0.717, 1.165) is 5.56 Å². The van der Waals surface area contributed by atoms with Crippen molar-refractivity contribution in [2.75, 3.05) is 5.32 Å². The largest absolute Gasteiger partial charge is 0.444 e. The number of amides is 1. The molecule has 5 nitrogen and oxygen atoms in total. The SMILES string of the molecule is Cc1ncc(NC(=O)OCc2ccccc2)cc1C#N. The molecule has 2 aromatic rings. The quantitative estimate of drug-likeness (QED) is 0.927. The first-order valence-corrected chi connectivity index (χ1v) is 6.03. The fourth-order valence-electron chi connectivity index (χ4n) is 1.59. The van der Waals surface area contributed by atoms with Crippen LogP contribution in [-0.2, 0) is 11.3 Å².